The Morgan fingerprint density at radius 3 is 2.33 bits per heavy atom. The molecule has 2 rings (SSSR count). The third kappa shape index (κ3) is 3.10. The Morgan fingerprint density at radius 1 is 1.14 bits per heavy atom. The first-order chi connectivity index (χ1) is 10.2. The van der Waals surface area contributed by atoms with Gasteiger partial charge in [-0.15, -0.1) is 0 Å². The number of benzene rings is 1. The lowest BCUT2D eigenvalue weighted by atomic mass is 10.0. The monoisotopic (exact) mass is 291 g/mol. The molecule has 7 nitrogen and oxygen atoms in total. The molecule has 0 fully saturated rings. The van der Waals surface area contributed by atoms with Gasteiger partial charge >= 0.3 is 0 Å². The molecule has 0 bridgehead atoms. The number of H-pyrrole nitrogens is 1. The Balaban J connectivity index is 2.28. The zero-order valence-electron chi connectivity index (χ0n) is 11.3. The Kier molecular flexibility index (Phi) is 4.69. The number of hydrogen-bond acceptors (Lipinski definition) is 5. The molecule has 2 aromatic rings. The molecule has 0 aliphatic carbocycles. The molecule has 112 valence electrons. The minimum absolute atomic E-state index is 0.265. The summed E-state index contributed by atoms with van der Waals surface area (Å²) in [6, 6.07) is 9.16. The highest BCUT2D eigenvalue weighted by molar-refractivity contribution is 6.00. The van der Waals surface area contributed by atoms with Crippen molar-refractivity contribution in [1.29, 1.82) is 0 Å². The van der Waals surface area contributed by atoms with E-state index in [1.165, 1.54) is 6.20 Å². The van der Waals surface area contributed by atoms with Crippen molar-refractivity contribution in [3.05, 3.63) is 42.1 Å². The van der Waals surface area contributed by atoms with E-state index in [0.29, 0.717) is 5.69 Å². The summed E-state index contributed by atoms with van der Waals surface area (Å²) in [6.07, 6.45) is 1.36. The summed E-state index contributed by atoms with van der Waals surface area (Å²) in [5.74, 6) is -0.542. The first-order valence-electron chi connectivity index (χ1n) is 6.39. The highest BCUT2D eigenvalue weighted by atomic mass is 16.3. The molecule has 0 spiro atoms. The lowest BCUT2D eigenvalue weighted by Crippen LogP contribution is -2.57. The van der Waals surface area contributed by atoms with Gasteiger partial charge in [-0.2, -0.15) is 5.10 Å². The number of aliphatic hydroxyl groups excluding tert-OH is 3. The fraction of sp³-hybridized carbons (Fsp3) is 0.286. The van der Waals surface area contributed by atoms with E-state index in [1.807, 2.05) is 30.3 Å². The van der Waals surface area contributed by atoms with Gasteiger partial charge in [0.05, 0.1) is 37.3 Å². The predicted octanol–water partition coefficient (Wildman–Crippen LogP) is -0.478. The van der Waals surface area contributed by atoms with E-state index in [1.54, 1.807) is 0 Å². The minimum Gasteiger partial charge on any atom is -0.394 e. The van der Waals surface area contributed by atoms with Crippen LogP contribution in [0.15, 0.2) is 36.5 Å². The lowest BCUT2D eigenvalue weighted by molar-refractivity contribution is 0.0375. The Morgan fingerprint density at radius 2 is 1.76 bits per heavy atom. The number of aromatic nitrogens is 2. The molecule has 1 heterocycles. The summed E-state index contributed by atoms with van der Waals surface area (Å²) >= 11 is 0. The van der Waals surface area contributed by atoms with E-state index in [4.69, 9.17) is 0 Å². The molecule has 0 aliphatic heterocycles. The molecule has 0 aliphatic rings. The van der Waals surface area contributed by atoms with E-state index in [2.05, 4.69) is 15.5 Å². The second kappa shape index (κ2) is 6.49. The van der Waals surface area contributed by atoms with Crippen molar-refractivity contribution < 1.29 is 20.1 Å². The molecular weight excluding hydrogens is 274 g/mol. The van der Waals surface area contributed by atoms with Crippen LogP contribution in [0, 0.1) is 0 Å². The number of aliphatic hydroxyl groups is 3. The largest absolute Gasteiger partial charge is 0.394 e. The Hall–Kier alpha value is -2.22. The molecule has 1 aromatic heterocycles. The van der Waals surface area contributed by atoms with Crippen LogP contribution < -0.4 is 5.32 Å². The van der Waals surface area contributed by atoms with Crippen LogP contribution in [0.1, 0.15) is 10.4 Å². The SMILES string of the molecule is O=C(NC(CO)(CO)CO)c1cn[nH]c1-c1ccccc1. The predicted molar refractivity (Wildman–Crippen MR) is 75.5 cm³/mol. The first-order valence-corrected chi connectivity index (χ1v) is 6.39. The zero-order chi connectivity index (χ0) is 15.3. The third-order valence-corrected chi connectivity index (χ3v) is 3.23. The van der Waals surface area contributed by atoms with Crippen molar-refractivity contribution in [3.63, 3.8) is 0 Å². The average molecular weight is 291 g/mol. The molecule has 7 heteroatoms. The van der Waals surface area contributed by atoms with Crippen molar-refractivity contribution in [3.8, 4) is 11.3 Å². The van der Waals surface area contributed by atoms with Crippen LogP contribution in [0.4, 0.5) is 0 Å². The van der Waals surface area contributed by atoms with Crippen molar-refractivity contribution in [2.24, 2.45) is 0 Å². The maximum absolute atomic E-state index is 12.3. The number of carbonyl (C=O) groups excluding carboxylic acids is 1. The first kappa shape index (κ1) is 15.2. The summed E-state index contributed by atoms with van der Waals surface area (Å²) < 4.78 is 0. The molecule has 1 amide bonds. The van der Waals surface area contributed by atoms with Gasteiger partial charge in [-0.25, -0.2) is 0 Å². The number of hydrogen-bond donors (Lipinski definition) is 5. The fourth-order valence-electron chi connectivity index (χ4n) is 1.86. The average Bonchev–Trinajstić information content (AvgIpc) is 3.03. The molecular formula is C14H17N3O4. The standard InChI is InChI=1S/C14H17N3O4/c18-7-14(8-19,9-20)16-13(21)11-6-15-17-12(11)10-4-2-1-3-5-10/h1-6,18-20H,7-9H2,(H,15,17)(H,16,21). The molecule has 0 saturated heterocycles. The van der Waals surface area contributed by atoms with Gasteiger partial charge in [0, 0.05) is 5.56 Å². The van der Waals surface area contributed by atoms with E-state index >= 15 is 0 Å². The molecule has 0 atom stereocenters. The molecule has 5 N–H and O–H groups in total. The van der Waals surface area contributed by atoms with E-state index in [9.17, 15) is 20.1 Å². The second-order valence-electron chi connectivity index (χ2n) is 4.73. The van der Waals surface area contributed by atoms with Gasteiger partial charge < -0.3 is 20.6 Å². The maximum atomic E-state index is 12.3. The van der Waals surface area contributed by atoms with Crippen molar-refractivity contribution >= 4 is 5.91 Å². The number of nitrogens with one attached hydrogen (secondary N) is 2. The molecule has 0 radical (unpaired) electrons. The lowest BCUT2D eigenvalue weighted by Gasteiger charge is -2.28. The third-order valence-electron chi connectivity index (χ3n) is 3.23. The Bertz CT molecular complexity index is 585. The van der Waals surface area contributed by atoms with Crippen LogP contribution in [0.3, 0.4) is 0 Å². The van der Waals surface area contributed by atoms with Crippen LogP contribution in [-0.4, -0.2) is 56.8 Å². The van der Waals surface area contributed by atoms with Gasteiger partial charge in [-0.3, -0.25) is 9.89 Å². The van der Waals surface area contributed by atoms with E-state index in [0.717, 1.165) is 5.56 Å². The van der Waals surface area contributed by atoms with Gasteiger partial charge in [0.1, 0.15) is 5.54 Å². The van der Waals surface area contributed by atoms with Gasteiger partial charge in [0.15, 0.2) is 0 Å². The highest BCUT2D eigenvalue weighted by Crippen LogP contribution is 2.21. The maximum Gasteiger partial charge on any atom is 0.255 e. The molecule has 0 unspecified atom stereocenters. The molecule has 0 saturated carbocycles. The number of carbonyl (C=O) groups is 1. The van der Waals surface area contributed by atoms with Crippen molar-refractivity contribution in [2.45, 2.75) is 5.54 Å². The number of rotatable bonds is 6. The van der Waals surface area contributed by atoms with Gasteiger partial charge in [0.25, 0.3) is 5.91 Å². The number of nitrogens with zero attached hydrogens (tertiary/aromatic N) is 1. The minimum atomic E-state index is -1.47. The second-order valence-corrected chi connectivity index (χ2v) is 4.73. The van der Waals surface area contributed by atoms with Crippen molar-refractivity contribution in [1.82, 2.24) is 15.5 Å². The summed E-state index contributed by atoms with van der Waals surface area (Å²) in [6.45, 7) is -1.74. The highest BCUT2D eigenvalue weighted by Gasteiger charge is 2.31. The van der Waals surface area contributed by atoms with Crippen molar-refractivity contribution in [2.75, 3.05) is 19.8 Å². The van der Waals surface area contributed by atoms with E-state index < -0.39 is 31.3 Å². The topological polar surface area (TPSA) is 118 Å². The molecule has 21 heavy (non-hydrogen) atoms. The fourth-order valence-corrected chi connectivity index (χ4v) is 1.86. The number of amides is 1. The van der Waals surface area contributed by atoms with E-state index in [-0.39, 0.29) is 5.56 Å². The zero-order valence-corrected chi connectivity index (χ0v) is 11.3. The van der Waals surface area contributed by atoms with Crippen LogP contribution >= 0.6 is 0 Å². The summed E-state index contributed by atoms with van der Waals surface area (Å²) in [5, 5.41) is 36.8. The summed E-state index contributed by atoms with van der Waals surface area (Å²) in [4.78, 5) is 12.3. The summed E-state index contributed by atoms with van der Waals surface area (Å²) in [5.41, 5.74) is 0.0990. The van der Waals surface area contributed by atoms with Gasteiger partial charge in [-0.05, 0) is 0 Å². The van der Waals surface area contributed by atoms with Gasteiger partial charge in [-0.1, -0.05) is 30.3 Å². The normalized spacial score (nSPS) is 11.4. The van der Waals surface area contributed by atoms with Crippen LogP contribution in [0.5, 0.6) is 0 Å². The molecule has 1 aromatic carbocycles. The summed E-state index contributed by atoms with van der Waals surface area (Å²) in [7, 11) is 0. The van der Waals surface area contributed by atoms with Crippen LogP contribution in [0.2, 0.25) is 0 Å². The van der Waals surface area contributed by atoms with Gasteiger partial charge in [0.2, 0.25) is 0 Å². The number of aromatic amines is 1. The van der Waals surface area contributed by atoms with Crippen LogP contribution in [-0.2, 0) is 0 Å². The quantitative estimate of drug-likeness (QED) is 0.493. The smallest absolute Gasteiger partial charge is 0.255 e. The Labute approximate surface area is 121 Å². The van der Waals surface area contributed by atoms with Crippen LogP contribution in [0.25, 0.3) is 11.3 Å².